The van der Waals surface area contributed by atoms with Gasteiger partial charge in [0.25, 0.3) is 0 Å². The maximum absolute atomic E-state index is 5.69. The van der Waals surface area contributed by atoms with Crippen molar-refractivity contribution in [1.82, 2.24) is 0 Å². The Balaban J connectivity index is 2.39. The predicted octanol–water partition coefficient (Wildman–Crippen LogP) is 7.21. The fourth-order valence-corrected chi connectivity index (χ4v) is 4.28. The average Bonchev–Trinajstić information content (AvgIpc) is 2.69. The van der Waals surface area contributed by atoms with E-state index in [-0.39, 0.29) is 5.41 Å². The maximum Gasteiger partial charge on any atom is 0.122 e. The molecule has 0 atom stereocenters. The molecule has 0 aliphatic heterocycles. The van der Waals surface area contributed by atoms with E-state index in [1.54, 1.807) is 7.11 Å². The molecule has 0 saturated heterocycles. The van der Waals surface area contributed by atoms with Crippen molar-refractivity contribution in [2.24, 2.45) is 0 Å². The molecule has 0 aliphatic carbocycles. The SMILES string of the molecule is COc1cc(C(C)(c2cc(C)c(C)c(C)c2)c2cc(C)c(C)c(C)c2)ccc1C. The first-order valence-corrected chi connectivity index (χ1v) is 10.4. The third-order valence-corrected chi connectivity index (χ3v) is 6.99. The summed E-state index contributed by atoms with van der Waals surface area (Å²) in [7, 11) is 1.75. The second kappa shape index (κ2) is 7.71. The lowest BCUT2D eigenvalue weighted by atomic mass is 9.69. The van der Waals surface area contributed by atoms with E-state index in [1.165, 1.54) is 50.1 Å². The molecule has 29 heavy (non-hydrogen) atoms. The highest BCUT2D eigenvalue weighted by Gasteiger charge is 2.33. The number of rotatable bonds is 4. The van der Waals surface area contributed by atoms with Gasteiger partial charge in [0.05, 0.1) is 7.11 Å². The van der Waals surface area contributed by atoms with Crippen LogP contribution in [0.15, 0.2) is 42.5 Å². The highest BCUT2D eigenvalue weighted by molar-refractivity contribution is 5.56. The molecule has 1 nitrogen and oxygen atoms in total. The Labute approximate surface area is 176 Å². The number of ether oxygens (including phenoxy) is 1. The summed E-state index contributed by atoms with van der Waals surface area (Å²) in [6, 6.07) is 16.1. The molecule has 0 bridgehead atoms. The molecular formula is C28H34O. The monoisotopic (exact) mass is 386 g/mol. The average molecular weight is 387 g/mol. The van der Waals surface area contributed by atoms with Gasteiger partial charge >= 0.3 is 0 Å². The summed E-state index contributed by atoms with van der Waals surface area (Å²) in [5.74, 6) is 0.940. The van der Waals surface area contributed by atoms with Gasteiger partial charge in [0.15, 0.2) is 0 Å². The van der Waals surface area contributed by atoms with E-state index in [1.807, 2.05) is 0 Å². The van der Waals surface area contributed by atoms with Crippen LogP contribution in [-0.4, -0.2) is 7.11 Å². The van der Waals surface area contributed by atoms with E-state index in [0.29, 0.717) is 0 Å². The van der Waals surface area contributed by atoms with Gasteiger partial charge in [-0.05, 0) is 117 Å². The molecule has 3 aromatic carbocycles. The Morgan fingerprint density at radius 1 is 0.552 bits per heavy atom. The van der Waals surface area contributed by atoms with Gasteiger partial charge in [0.2, 0.25) is 0 Å². The first kappa shape index (κ1) is 21.2. The smallest absolute Gasteiger partial charge is 0.122 e. The van der Waals surface area contributed by atoms with Gasteiger partial charge in [-0.25, -0.2) is 0 Å². The molecule has 152 valence electrons. The van der Waals surface area contributed by atoms with Gasteiger partial charge < -0.3 is 4.74 Å². The largest absolute Gasteiger partial charge is 0.496 e. The lowest BCUT2D eigenvalue weighted by Crippen LogP contribution is -2.26. The van der Waals surface area contributed by atoms with Crippen molar-refractivity contribution >= 4 is 0 Å². The molecule has 0 spiro atoms. The highest BCUT2D eigenvalue weighted by atomic mass is 16.5. The maximum atomic E-state index is 5.69. The fourth-order valence-electron chi connectivity index (χ4n) is 4.28. The predicted molar refractivity (Wildman–Crippen MR) is 125 cm³/mol. The van der Waals surface area contributed by atoms with Crippen molar-refractivity contribution in [2.45, 2.75) is 60.8 Å². The molecule has 1 heteroatoms. The van der Waals surface area contributed by atoms with E-state index in [2.05, 4.69) is 97.9 Å². The Morgan fingerprint density at radius 2 is 0.966 bits per heavy atom. The van der Waals surface area contributed by atoms with Crippen LogP contribution in [0.2, 0.25) is 0 Å². The van der Waals surface area contributed by atoms with Crippen molar-refractivity contribution in [3.63, 3.8) is 0 Å². The number of hydrogen-bond acceptors (Lipinski definition) is 1. The van der Waals surface area contributed by atoms with Crippen molar-refractivity contribution < 1.29 is 4.74 Å². The van der Waals surface area contributed by atoms with Gasteiger partial charge in [-0.2, -0.15) is 0 Å². The van der Waals surface area contributed by atoms with Crippen molar-refractivity contribution in [3.05, 3.63) is 98.1 Å². The standard InChI is InChI=1S/C28H34O/c1-17-10-11-24(16-27(17)29-9)28(8,25-12-18(2)22(6)19(3)13-25)26-14-20(4)23(7)21(5)15-26/h10-16H,1-9H3. The molecule has 0 amide bonds. The van der Waals surface area contributed by atoms with Crippen molar-refractivity contribution in [1.29, 1.82) is 0 Å². The molecule has 0 saturated carbocycles. The molecule has 3 rings (SSSR count). The first-order valence-electron chi connectivity index (χ1n) is 10.4. The van der Waals surface area contributed by atoms with E-state index in [0.717, 1.165) is 11.3 Å². The van der Waals surface area contributed by atoms with Gasteiger partial charge in [-0.15, -0.1) is 0 Å². The Kier molecular flexibility index (Phi) is 5.63. The summed E-state index contributed by atoms with van der Waals surface area (Å²) in [4.78, 5) is 0. The topological polar surface area (TPSA) is 9.23 Å². The van der Waals surface area contributed by atoms with Crippen LogP contribution in [0.25, 0.3) is 0 Å². The van der Waals surface area contributed by atoms with E-state index >= 15 is 0 Å². The molecule has 0 unspecified atom stereocenters. The summed E-state index contributed by atoms with van der Waals surface area (Å²) in [5.41, 5.74) is 12.9. The quantitative estimate of drug-likeness (QED) is 0.430. The molecule has 0 aromatic heterocycles. The minimum Gasteiger partial charge on any atom is -0.496 e. The third kappa shape index (κ3) is 3.59. The number of hydrogen-bond donors (Lipinski definition) is 0. The van der Waals surface area contributed by atoms with E-state index in [9.17, 15) is 0 Å². The van der Waals surface area contributed by atoms with E-state index < -0.39 is 0 Å². The number of aryl methyl sites for hydroxylation is 5. The van der Waals surface area contributed by atoms with Crippen LogP contribution in [0.5, 0.6) is 5.75 Å². The fraction of sp³-hybridized carbons (Fsp3) is 0.357. The molecule has 0 aliphatic rings. The zero-order chi connectivity index (χ0) is 21.5. The molecule has 0 N–H and O–H groups in total. The highest BCUT2D eigenvalue weighted by Crippen LogP contribution is 2.42. The first-order chi connectivity index (χ1) is 13.6. The minimum atomic E-state index is -0.270. The van der Waals surface area contributed by atoms with Crippen LogP contribution in [0.4, 0.5) is 0 Å². The van der Waals surface area contributed by atoms with Crippen LogP contribution >= 0.6 is 0 Å². The van der Waals surface area contributed by atoms with Crippen LogP contribution in [0.1, 0.15) is 62.6 Å². The second-order valence-electron chi connectivity index (χ2n) is 8.78. The normalized spacial score (nSPS) is 11.6. The summed E-state index contributed by atoms with van der Waals surface area (Å²) >= 11 is 0. The minimum absolute atomic E-state index is 0.270. The zero-order valence-electron chi connectivity index (χ0n) is 19.4. The van der Waals surface area contributed by atoms with Gasteiger partial charge in [-0.1, -0.05) is 36.4 Å². The van der Waals surface area contributed by atoms with Crippen LogP contribution in [0, 0.1) is 48.5 Å². The Bertz CT molecular complexity index is 968. The summed E-state index contributed by atoms with van der Waals surface area (Å²) in [6.07, 6.45) is 0. The molecule has 0 heterocycles. The van der Waals surface area contributed by atoms with Gasteiger partial charge in [0.1, 0.15) is 5.75 Å². The molecule has 3 aromatic rings. The van der Waals surface area contributed by atoms with Crippen LogP contribution in [0.3, 0.4) is 0 Å². The summed E-state index contributed by atoms with van der Waals surface area (Å²) in [5, 5.41) is 0. The third-order valence-electron chi connectivity index (χ3n) is 6.99. The van der Waals surface area contributed by atoms with E-state index in [4.69, 9.17) is 4.74 Å². The molecule has 0 fully saturated rings. The van der Waals surface area contributed by atoms with Gasteiger partial charge in [-0.3, -0.25) is 0 Å². The number of benzene rings is 3. The van der Waals surface area contributed by atoms with Crippen LogP contribution in [-0.2, 0) is 5.41 Å². The lowest BCUT2D eigenvalue weighted by molar-refractivity contribution is 0.410. The Hall–Kier alpha value is -2.54. The van der Waals surface area contributed by atoms with Gasteiger partial charge in [0, 0.05) is 5.41 Å². The van der Waals surface area contributed by atoms with Crippen molar-refractivity contribution in [2.75, 3.05) is 7.11 Å². The molecule has 0 radical (unpaired) electrons. The summed E-state index contributed by atoms with van der Waals surface area (Å²) < 4.78 is 5.69. The zero-order valence-corrected chi connectivity index (χ0v) is 19.4. The second-order valence-corrected chi connectivity index (χ2v) is 8.78. The number of methoxy groups -OCH3 is 1. The van der Waals surface area contributed by atoms with Crippen LogP contribution < -0.4 is 4.74 Å². The molecular weight excluding hydrogens is 352 g/mol. The Morgan fingerprint density at radius 3 is 1.34 bits per heavy atom. The lowest BCUT2D eigenvalue weighted by Gasteiger charge is -2.34. The van der Waals surface area contributed by atoms with Crippen molar-refractivity contribution in [3.8, 4) is 5.75 Å². The summed E-state index contributed by atoms with van der Waals surface area (Å²) in [6.45, 7) is 17.7.